The average Bonchev–Trinajstić information content (AvgIpc) is 2.00. The molecule has 0 fully saturated rings. The molecule has 1 atom stereocenters. The first-order valence-electron chi connectivity index (χ1n) is 5.23. The number of carbonyl (C=O) groups excluding carboxylic acids is 1. The smallest absolute Gasteiger partial charge is 0.302 e. The van der Waals surface area contributed by atoms with Crippen molar-refractivity contribution in [3.63, 3.8) is 0 Å². The fourth-order valence-electron chi connectivity index (χ4n) is 2.04. The predicted octanol–water partition coefficient (Wildman–Crippen LogP) is 2.93. The molecule has 1 aliphatic rings. The molecule has 1 aliphatic carbocycles. The van der Waals surface area contributed by atoms with Crippen LogP contribution < -0.4 is 0 Å². The first-order valence-corrected chi connectivity index (χ1v) is 5.23. The molecule has 0 aliphatic heterocycles. The molecule has 2 heteroatoms. The Kier molecular flexibility index (Phi) is 3.35. The lowest BCUT2D eigenvalue weighted by atomic mass is 9.73. The molecule has 1 rings (SSSR count). The molecular formula is C12H20O2. The van der Waals surface area contributed by atoms with Crippen molar-refractivity contribution in [1.82, 2.24) is 0 Å². The zero-order chi connectivity index (χ0) is 10.8. The first-order chi connectivity index (χ1) is 6.41. The molecular weight excluding hydrogens is 176 g/mol. The summed E-state index contributed by atoms with van der Waals surface area (Å²) in [6.07, 6.45) is 4.51. The van der Waals surface area contributed by atoms with Crippen LogP contribution in [-0.2, 0) is 9.53 Å². The Balaban J connectivity index is 2.54. The molecule has 0 aromatic rings. The molecule has 0 saturated carbocycles. The van der Waals surface area contributed by atoms with Crippen LogP contribution in [0.3, 0.4) is 0 Å². The maximum absolute atomic E-state index is 10.7. The van der Waals surface area contributed by atoms with Gasteiger partial charge in [0.1, 0.15) is 6.61 Å². The number of rotatable bonds is 2. The summed E-state index contributed by atoms with van der Waals surface area (Å²) >= 11 is 0. The summed E-state index contributed by atoms with van der Waals surface area (Å²) in [6.45, 7) is 8.70. The van der Waals surface area contributed by atoms with Gasteiger partial charge in [0.2, 0.25) is 0 Å². The zero-order valence-corrected chi connectivity index (χ0v) is 9.59. The third kappa shape index (κ3) is 3.17. The van der Waals surface area contributed by atoms with Crippen LogP contribution in [0.1, 0.15) is 40.5 Å². The lowest BCUT2D eigenvalue weighted by molar-refractivity contribution is -0.140. The largest absolute Gasteiger partial charge is 0.461 e. The third-order valence-electron chi connectivity index (χ3n) is 2.85. The van der Waals surface area contributed by atoms with Crippen LogP contribution in [0.15, 0.2) is 11.6 Å². The fraction of sp³-hybridized carbons (Fsp3) is 0.750. The SMILES string of the molecule is CC(=O)OCC1=CCC(C)(C)CC1C. The molecule has 0 aromatic heterocycles. The molecule has 0 bridgehead atoms. The molecule has 80 valence electrons. The van der Waals surface area contributed by atoms with E-state index in [9.17, 15) is 4.79 Å². The summed E-state index contributed by atoms with van der Waals surface area (Å²) < 4.78 is 5.01. The molecule has 14 heavy (non-hydrogen) atoms. The number of allylic oxidation sites excluding steroid dienone is 1. The van der Waals surface area contributed by atoms with Crippen molar-refractivity contribution in [3.8, 4) is 0 Å². The van der Waals surface area contributed by atoms with Crippen LogP contribution in [0, 0.1) is 11.3 Å². The van der Waals surface area contributed by atoms with Gasteiger partial charge < -0.3 is 4.74 Å². The van der Waals surface area contributed by atoms with Crippen molar-refractivity contribution in [2.24, 2.45) is 11.3 Å². The van der Waals surface area contributed by atoms with E-state index in [4.69, 9.17) is 4.74 Å². The second-order valence-electron chi connectivity index (χ2n) is 5.03. The van der Waals surface area contributed by atoms with Gasteiger partial charge in [-0.15, -0.1) is 0 Å². The van der Waals surface area contributed by atoms with E-state index >= 15 is 0 Å². The summed E-state index contributed by atoms with van der Waals surface area (Å²) in [5, 5.41) is 0. The molecule has 2 nitrogen and oxygen atoms in total. The topological polar surface area (TPSA) is 26.3 Å². The van der Waals surface area contributed by atoms with Crippen LogP contribution >= 0.6 is 0 Å². The van der Waals surface area contributed by atoms with Gasteiger partial charge in [-0.05, 0) is 29.7 Å². The van der Waals surface area contributed by atoms with Crippen molar-refractivity contribution in [1.29, 1.82) is 0 Å². The highest BCUT2D eigenvalue weighted by Gasteiger charge is 2.26. The van der Waals surface area contributed by atoms with Gasteiger partial charge in [0.15, 0.2) is 0 Å². The Morgan fingerprint density at radius 3 is 2.79 bits per heavy atom. The molecule has 0 amide bonds. The highest BCUT2D eigenvalue weighted by atomic mass is 16.5. The van der Waals surface area contributed by atoms with E-state index in [0.29, 0.717) is 17.9 Å². The van der Waals surface area contributed by atoms with E-state index < -0.39 is 0 Å². The van der Waals surface area contributed by atoms with Gasteiger partial charge in [0, 0.05) is 6.92 Å². The standard InChI is InChI=1S/C12H20O2/c1-9-7-12(3,4)6-5-11(9)8-14-10(2)13/h5,9H,6-8H2,1-4H3. The molecule has 0 radical (unpaired) electrons. The van der Waals surface area contributed by atoms with Gasteiger partial charge in [-0.2, -0.15) is 0 Å². The second kappa shape index (κ2) is 4.16. The maximum atomic E-state index is 10.7. The van der Waals surface area contributed by atoms with Crippen LogP contribution in [0.2, 0.25) is 0 Å². The monoisotopic (exact) mass is 196 g/mol. The van der Waals surface area contributed by atoms with Gasteiger partial charge in [-0.1, -0.05) is 26.8 Å². The Hall–Kier alpha value is -0.790. The quantitative estimate of drug-likeness (QED) is 0.501. The Bertz CT molecular complexity index is 251. The van der Waals surface area contributed by atoms with Gasteiger partial charge in [-0.3, -0.25) is 4.79 Å². The molecule has 0 N–H and O–H groups in total. The Labute approximate surface area is 86.3 Å². The van der Waals surface area contributed by atoms with Gasteiger partial charge in [-0.25, -0.2) is 0 Å². The number of carbonyl (C=O) groups is 1. The average molecular weight is 196 g/mol. The molecule has 0 aromatic carbocycles. The summed E-state index contributed by atoms with van der Waals surface area (Å²) in [4.78, 5) is 10.7. The maximum Gasteiger partial charge on any atom is 0.302 e. The van der Waals surface area contributed by atoms with Crippen LogP contribution in [0.5, 0.6) is 0 Å². The van der Waals surface area contributed by atoms with Crippen molar-refractivity contribution in [2.45, 2.75) is 40.5 Å². The number of ether oxygens (including phenoxy) is 1. The summed E-state index contributed by atoms with van der Waals surface area (Å²) in [5.41, 5.74) is 1.68. The highest BCUT2D eigenvalue weighted by Crippen LogP contribution is 2.37. The van der Waals surface area contributed by atoms with Gasteiger partial charge in [0.25, 0.3) is 0 Å². The van der Waals surface area contributed by atoms with Crippen molar-refractivity contribution >= 4 is 5.97 Å². The lowest BCUT2D eigenvalue weighted by Gasteiger charge is -2.33. The Morgan fingerprint density at radius 1 is 1.64 bits per heavy atom. The summed E-state index contributed by atoms with van der Waals surface area (Å²) in [5.74, 6) is 0.348. The van der Waals surface area contributed by atoms with Crippen molar-refractivity contribution in [3.05, 3.63) is 11.6 Å². The molecule has 0 saturated heterocycles. The summed E-state index contributed by atoms with van der Waals surface area (Å²) in [6, 6.07) is 0. The Morgan fingerprint density at radius 2 is 2.29 bits per heavy atom. The fourth-order valence-corrected chi connectivity index (χ4v) is 2.04. The van der Waals surface area contributed by atoms with Crippen LogP contribution in [0.25, 0.3) is 0 Å². The van der Waals surface area contributed by atoms with E-state index in [2.05, 4.69) is 26.8 Å². The molecule has 1 unspecified atom stereocenters. The third-order valence-corrected chi connectivity index (χ3v) is 2.85. The minimum atomic E-state index is -0.192. The number of hydrogen-bond acceptors (Lipinski definition) is 2. The van der Waals surface area contributed by atoms with Gasteiger partial charge >= 0.3 is 5.97 Å². The van der Waals surface area contributed by atoms with Crippen molar-refractivity contribution < 1.29 is 9.53 Å². The normalized spacial score (nSPS) is 25.4. The second-order valence-corrected chi connectivity index (χ2v) is 5.03. The van der Waals surface area contributed by atoms with E-state index in [1.165, 1.54) is 18.9 Å². The minimum Gasteiger partial charge on any atom is -0.461 e. The zero-order valence-electron chi connectivity index (χ0n) is 9.59. The van der Waals surface area contributed by atoms with E-state index in [1.54, 1.807) is 0 Å². The van der Waals surface area contributed by atoms with E-state index in [-0.39, 0.29) is 5.97 Å². The molecule has 0 heterocycles. The lowest BCUT2D eigenvalue weighted by Crippen LogP contribution is -2.23. The van der Waals surface area contributed by atoms with Crippen LogP contribution in [0.4, 0.5) is 0 Å². The van der Waals surface area contributed by atoms with E-state index in [0.717, 1.165) is 6.42 Å². The summed E-state index contributed by atoms with van der Waals surface area (Å²) in [7, 11) is 0. The van der Waals surface area contributed by atoms with Crippen LogP contribution in [-0.4, -0.2) is 12.6 Å². The van der Waals surface area contributed by atoms with E-state index in [1.807, 2.05) is 0 Å². The minimum absolute atomic E-state index is 0.192. The first kappa shape index (κ1) is 11.3. The number of esters is 1. The highest BCUT2D eigenvalue weighted by molar-refractivity contribution is 5.66. The van der Waals surface area contributed by atoms with Crippen molar-refractivity contribution in [2.75, 3.05) is 6.61 Å². The number of hydrogen-bond donors (Lipinski definition) is 0. The molecule has 0 spiro atoms. The van der Waals surface area contributed by atoms with Gasteiger partial charge in [0.05, 0.1) is 0 Å². The predicted molar refractivity (Wildman–Crippen MR) is 56.9 cm³/mol.